The zero-order chi connectivity index (χ0) is 12.1. The zero-order valence-electron chi connectivity index (χ0n) is 12.0. The SMILES string of the molecule is CCCCC[P+](C(C)C)(C(C)C)C(C)C. The van der Waals surface area contributed by atoms with Crippen molar-refractivity contribution in [3.8, 4) is 0 Å². The Balaban J connectivity index is 4.65. The van der Waals surface area contributed by atoms with Gasteiger partial charge in [0, 0.05) is 7.26 Å². The minimum atomic E-state index is -0.742. The molecule has 0 fully saturated rings. The topological polar surface area (TPSA) is 0 Å². The molecule has 0 atom stereocenters. The van der Waals surface area contributed by atoms with Crippen LogP contribution in [0.1, 0.15) is 67.7 Å². The van der Waals surface area contributed by atoms with E-state index in [1.807, 2.05) is 0 Å². The minimum absolute atomic E-state index is 0.742. The molecular formula is C14H32P+. The molecule has 15 heavy (non-hydrogen) atoms. The van der Waals surface area contributed by atoms with Gasteiger partial charge in [-0.3, -0.25) is 0 Å². The van der Waals surface area contributed by atoms with Gasteiger partial charge in [-0.1, -0.05) is 19.8 Å². The second-order valence-electron chi connectivity index (χ2n) is 5.71. The van der Waals surface area contributed by atoms with Crippen LogP contribution in [0.3, 0.4) is 0 Å². The highest BCUT2D eigenvalue weighted by molar-refractivity contribution is 7.77. The number of rotatable bonds is 7. The molecule has 0 N–H and O–H groups in total. The molecule has 0 saturated carbocycles. The van der Waals surface area contributed by atoms with Gasteiger partial charge in [0.25, 0.3) is 0 Å². The maximum atomic E-state index is 2.46. The zero-order valence-corrected chi connectivity index (χ0v) is 12.9. The Kier molecular flexibility index (Phi) is 7.09. The van der Waals surface area contributed by atoms with Gasteiger partial charge >= 0.3 is 0 Å². The molecule has 0 aromatic rings. The van der Waals surface area contributed by atoms with Gasteiger partial charge in [-0.25, -0.2) is 0 Å². The van der Waals surface area contributed by atoms with Crippen LogP contribution in [-0.4, -0.2) is 23.1 Å². The van der Waals surface area contributed by atoms with E-state index in [9.17, 15) is 0 Å². The third-order valence-electron chi connectivity index (χ3n) is 4.03. The fourth-order valence-corrected chi connectivity index (χ4v) is 9.10. The van der Waals surface area contributed by atoms with Crippen molar-refractivity contribution in [1.29, 1.82) is 0 Å². The summed E-state index contributed by atoms with van der Waals surface area (Å²) in [6.45, 7) is 17.1. The fourth-order valence-electron chi connectivity index (χ4n) is 3.20. The summed E-state index contributed by atoms with van der Waals surface area (Å²) in [4.78, 5) is 0. The van der Waals surface area contributed by atoms with Crippen LogP contribution in [0, 0.1) is 0 Å². The lowest BCUT2D eigenvalue weighted by Crippen LogP contribution is -2.26. The largest absolute Gasteiger partial charge is 0.0654 e. The first-order chi connectivity index (χ1) is 6.89. The number of hydrogen-bond donors (Lipinski definition) is 0. The van der Waals surface area contributed by atoms with Crippen molar-refractivity contribution in [2.75, 3.05) is 6.16 Å². The Bertz CT molecular complexity index is 137. The van der Waals surface area contributed by atoms with Crippen molar-refractivity contribution >= 4 is 7.26 Å². The number of unbranched alkanes of at least 4 members (excludes halogenated alkanes) is 2. The average molecular weight is 231 g/mol. The van der Waals surface area contributed by atoms with E-state index in [4.69, 9.17) is 0 Å². The molecule has 0 saturated heterocycles. The Morgan fingerprint density at radius 2 is 1.13 bits per heavy atom. The highest BCUT2D eigenvalue weighted by Crippen LogP contribution is 2.70. The lowest BCUT2D eigenvalue weighted by molar-refractivity contribution is 0.759. The molecule has 0 unspecified atom stereocenters. The third-order valence-corrected chi connectivity index (χ3v) is 10.9. The molecule has 0 aromatic carbocycles. The molecule has 0 aromatic heterocycles. The van der Waals surface area contributed by atoms with E-state index in [1.165, 1.54) is 25.4 Å². The first-order valence-corrected chi connectivity index (χ1v) is 8.94. The minimum Gasteiger partial charge on any atom is -0.0654 e. The third kappa shape index (κ3) is 3.74. The second kappa shape index (κ2) is 6.89. The normalized spacial score (nSPS) is 13.2. The lowest BCUT2D eigenvalue weighted by Gasteiger charge is -2.38. The Morgan fingerprint density at radius 1 is 0.733 bits per heavy atom. The summed E-state index contributed by atoms with van der Waals surface area (Å²) < 4.78 is 0. The summed E-state index contributed by atoms with van der Waals surface area (Å²) in [5.41, 5.74) is 2.73. The van der Waals surface area contributed by atoms with Crippen molar-refractivity contribution in [3.05, 3.63) is 0 Å². The lowest BCUT2D eigenvalue weighted by atomic mass is 10.3. The smallest absolute Gasteiger partial charge is 0.0646 e. The van der Waals surface area contributed by atoms with Gasteiger partial charge in [0.05, 0.1) is 23.1 Å². The molecular weight excluding hydrogens is 199 g/mol. The molecule has 0 nitrogen and oxygen atoms in total. The van der Waals surface area contributed by atoms with Crippen LogP contribution in [0.5, 0.6) is 0 Å². The maximum Gasteiger partial charge on any atom is 0.0646 e. The predicted molar refractivity (Wildman–Crippen MR) is 76.7 cm³/mol. The molecule has 0 radical (unpaired) electrons. The molecule has 0 aliphatic carbocycles. The van der Waals surface area contributed by atoms with Gasteiger partial charge < -0.3 is 0 Å². The summed E-state index contributed by atoms with van der Waals surface area (Å²) in [7, 11) is -0.742. The summed E-state index contributed by atoms with van der Waals surface area (Å²) in [6.07, 6.45) is 5.76. The highest BCUT2D eigenvalue weighted by atomic mass is 31.2. The Labute approximate surface area is 98.6 Å². The molecule has 1 heteroatoms. The Morgan fingerprint density at radius 3 is 1.40 bits per heavy atom. The molecule has 0 amide bonds. The van der Waals surface area contributed by atoms with Gasteiger partial charge in [-0.05, 0) is 48.0 Å². The van der Waals surface area contributed by atoms with Gasteiger partial charge in [-0.15, -0.1) is 0 Å². The van der Waals surface area contributed by atoms with Gasteiger partial charge in [-0.2, -0.15) is 0 Å². The highest BCUT2D eigenvalue weighted by Gasteiger charge is 2.46. The Hall–Kier alpha value is 0.430. The monoisotopic (exact) mass is 231 g/mol. The predicted octanol–water partition coefficient (Wildman–Crippen LogP) is 5.42. The molecule has 0 spiro atoms. The van der Waals surface area contributed by atoms with Gasteiger partial charge in [0.2, 0.25) is 0 Å². The molecule has 0 aliphatic rings. The van der Waals surface area contributed by atoms with E-state index in [0.29, 0.717) is 0 Å². The van der Waals surface area contributed by atoms with Crippen LogP contribution in [0.2, 0.25) is 0 Å². The van der Waals surface area contributed by atoms with Crippen LogP contribution in [0.4, 0.5) is 0 Å². The fraction of sp³-hybridized carbons (Fsp3) is 1.00. The molecule has 92 valence electrons. The van der Waals surface area contributed by atoms with Crippen LogP contribution >= 0.6 is 7.26 Å². The molecule has 0 bridgehead atoms. The first kappa shape index (κ1) is 15.4. The summed E-state index contributed by atoms with van der Waals surface area (Å²) in [6, 6.07) is 0. The van der Waals surface area contributed by atoms with Crippen LogP contribution in [-0.2, 0) is 0 Å². The molecule has 0 rings (SSSR count). The van der Waals surface area contributed by atoms with Crippen molar-refractivity contribution < 1.29 is 0 Å². The van der Waals surface area contributed by atoms with E-state index in [0.717, 1.165) is 17.0 Å². The van der Waals surface area contributed by atoms with Crippen LogP contribution in [0.15, 0.2) is 0 Å². The van der Waals surface area contributed by atoms with Crippen LogP contribution < -0.4 is 0 Å². The summed E-state index contributed by atoms with van der Waals surface area (Å²) >= 11 is 0. The molecule has 0 aliphatic heterocycles. The quantitative estimate of drug-likeness (QED) is 0.405. The van der Waals surface area contributed by atoms with Crippen molar-refractivity contribution in [2.45, 2.75) is 84.7 Å². The average Bonchev–Trinajstić information content (AvgIpc) is 2.10. The van der Waals surface area contributed by atoms with E-state index >= 15 is 0 Å². The van der Waals surface area contributed by atoms with Gasteiger partial charge in [0.1, 0.15) is 0 Å². The van der Waals surface area contributed by atoms with Crippen LogP contribution in [0.25, 0.3) is 0 Å². The van der Waals surface area contributed by atoms with Crippen molar-refractivity contribution in [3.63, 3.8) is 0 Å². The van der Waals surface area contributed by atoms with E-state index < -0.39 is 7.26 Å². The summed E-state index contributed by atoms with van der Waals surface area (Å²) in [5.74, 6) is 0. The first-order valence-electron chi connectivity index (χ1n) is 6.76. The standard InChI is InChI=1S/C14H32P/c1-8-9-10-11-15(12(2)3,13(4)5)14(6)7/h12-14H,8-11H2,1-7H3/q+1. The second-order valence-corrected chi connectivity index (χ2v) is 11.2. The van der Waals surface area contributed by atoms with E-state index in [1.54, 1.807) is 0 Å². The van der Waals surface area contributed by atoms with Gasteiger partial charge in [0.15, 0.2) is 0 Å². The maximum absolute atomic E-state index is 2.46. The van der Waals surface area contributed by atoms with E-state index in [2.05, 4.69) is 48.5 Å². The summed E-state index contributed by atoms with van der Waals surface area (Å²) in [5, 5.41) is 0. The molecule has 0 heterocycles. The number of hydrogen-bond acceptors (Lipinski definition) is 0. The van der Waals surface area contributed by atoms with E-state index in [-0.39, 0.29) is 0 Å². The van der Waals surface area contributed by atoms with Crippen molar-refractivity contribution in [1.82, 2.24) is 0 Å². The van der Waals surface area contributed by atoms with Crippen molar-refractivity contribution in [2.24, 2.45) is 0 Å².